The van der Waals surface area contributed by atoms with Crippen LogP contribution in [0.4, 0.5) is 5.82 Å². The number of nitrogens with two attached hydrogens (primary N) is 1. The molecule has 4 aromatic rings. The smallest absolute Gasteiger partial charge is 0.145 e. The molecule has 0 aliphatic rings. The lowest BCUT2D eigenvalue weighted by atomic mass is 10.2. The molecule has 5 heteroatoms. The van der Waals surface area contributed by atoms with Crippen LogP contribution in [0.5, 0.6) is 0 Å². The fourth-order valence-electron chi connectivity index (χ4n) is 2.54. The van der Waals surface area contributed by atoms with Gasteiger partial charge < -0.3 is 10.3 Å². The largest absolute Gasteiger partial charge is 0.383 e. The van der Waals surface area contributed by atoms with Crippen LogP contribution in [-0.4, -0.2) is 14.5 Å². The highest BCUT2D eigenvalue weighted by atomic mass is 32.1. The first-order valence-electron chi connectivity index (χ1n) is 6.28. The first-order valence-corrected chi connectivity index (χ1v) is 7.10. The van der Waals surface area contributed by atoms with Crippen molar-refractivity contribution in [3.63, 3.8) is 0 Å². The molecule has 0 bridgehead atoms. The van der Waals surface area contributed by atoms with Gasteiger partial charge in [-0.2, -0.15) is 0 Å². The Kier molecular flexibility index (Phi) is 2.31. The van der Waals surface area contributed by atoms with Crippen molar-refractivity contribution in [3.05, 3.63) is 42.9 Å². The minimum atomic E-state index is 0.531. The predicted octanol–water partition coefficient (Wildman–Crippen LogP) is 3.43. The van der Waals surface area contributed by atoms with Crippen molar-refractivity contribution < 1.29 is 0 Å². The number of benzene rings is 1. The van der Waals surface area contributed by atoms with Crippen LogP contribution < -0.4 is 5.73 Å². The molecule has 0 atom stereocenters. The zero-order chi connectivity index (χ0) is 13.7. The maximum absolute atomic E-state index is 6.04. The summed E-state index contributed by atoms with van der Waals surface area (Å²) in [6.45, 7) is 0. The maximum atomic E-state index is 6.04. The van der Waals surface area contributed by atoms with E-state index in [4.69, 9.17) is 5.73 Å². The SMILES string of the molecule is Cn1cc(-c2cc3ccccc3s2)c2c(N)ncnc21. The first kappa shape index (κ1) is 11.4. The summed E-state index contributed by atoms with van der Waals surface area (Å²) in [6, 6.07) is 10.6. The van der Waals surface area contributed by atoms with Crippen LogP contribution >= 0.6 is 11.3 Å². The summed E-state index contributed by atoms with van der Waals surface area (Å²) in [5, 5.41) is 2.18. The Morgan fingerprint density at radius 3 is 2.90 bits per heavy atom. The number of aromatic nitrogens is 3. The predicted molar refractivity (Wildman–Crippen MR) is 83.7 cm³/mol. The van der Waals surface area contributed by atoms with E-state index in [1.807, 2.05) is 11.6 Å². The second-order valence-electron chi connectivity index (χ2n) is 4.76. The van der Waals surface area contributed by atoms with Gasteiger partial charge in [0.2, 0.25) is 0 Å². The van der Waals surface area contributed by atoms with Crippen molar-refractivity contribution in [1.29, 1.82) is 0 Å². The van der Waals surface area contributed by atoms with Crippen molar-refractivity contribution in [1.82, 2.24) is 14.5 Å². The fraction of sp³-hybridized carbons (Fsp3) is 0.0667. The van der Waals surface area contributed by atoms with Crippen molar-refractivity contribution >= 4 is 38.3 Å². The number of thiophene rings is 1. The average Bonchev–Trinajstić information content (AvgIpc) is 3.01. The molecule has 2 N–H and O–H groups in total. The summed E-state index contributed by atoms with van der Waals surface area (Å²) >= 11 is 1.76. The zero-order valence-electron chi connectivity index (χ0n) is 10.9. The van der Waals surface area contributed by atoms with Gasteiger partial charge in [-0.15, -0.1) is 11.3 Å². The van der Waals surface area contributed by atoms with Crippen LogP contribution in [0.2, 0.25) is 0 Å². The Labute approximate surface area is 119 Å². The molecule has 4 rings (SSSR count). The number of hydrogen-bond acceptors (Lipinski definition) is 4. The van der Waals surface area contributed by atoms with Gasteiger partial charge in [-0.25, -0.2) is 9.97 Å². The van der Waals surface area contributed by atoms with E-state index in [2.05, 4.69) is 46.5 Å². The number of fused-ring (bicyclic) bond motifs is 2. The standard InChI is InChI=1S/C15H12N4S/c1-19-7-10(13-14(16)17-8-18-15(13)19)12-6-9-4-2-3-5-11(9)20-12/h2-8H,1H3,(H2,16,17,18). The second-order valence-corrected chi connectivity index (χ2v) is 5.84. The molecule has 0 amide bonds. The van der Waals surface area contributed by atoms with E-state index >= 15 is 0 Å². The van der Waals surface area contributed by atoms with Gasteiger partial charge in [0.05, 0.1) is 5.39 Å². The zero-order valence-corrected chi connectivity index (χ0v) is 11.7. The molecule has 0 spiro atoms. The summed E-state index contributed by atoms with van der Waals surface area (Å²) in [7, 11) is 1.98. The van der Waals surface area contributed by atoms with Gasteiger partial charge in [-0.3, -0.25) is 0 Å². The number of anilines is 1. The molecule has 98 valence electrons. The number of aryl methyl sites for hydroxylation is 1. The lowest BCUT2D eigenvalue weighted by Gasteiger charge is -1.97. The molecule has 3 aromatic heterocycles. The van der Waals surface area contributed by atoms with Crippen LogP contribution in [0.1, 0.15) is 0 Å². The fourth-order valence-corrected chi connectivity index (χ4v) is 3.61. The molecule has 0 fully saturated rings. The summed E-state index contributed by atoms with van der Waals surface area (Å²) in [6.07, 6.45) is 3.58. The van der Waals surface area contributed by atoms with Gasteiger partial charge in [0.25, 0.3) is 0 Å². The molecule has 1 aromatic carbocycles. The van der Waals surface area contributed by atoms with Gasteiger partial charge >= 0.3 is 0 Å². The van der Waals surface area contributed by atoms with Crippen molar-refractivity contribution in [2.75, 3.05) is 5.73 Å². The highest BCUT2D eigenvalue weighted by Crippen LogP contribution is 2.38. The first-order chi connectivity index (χ1) is 9.74. The number of hydrogen-bond donors (Lipinski definition) is 1. The molecule has 0 saturated heterocycles. The van der Waals surface area contributed by atoms with Crippen molar-refractivity contribution in [2.24, 2.45) is 7.05 Å². The van der Waals surface area contributed by atoms with E-state index in [0.717, 1.165) is 16.6 Å². The summed E-state index contributed by atoms with van der Waals surface area (Å²) in [4.78, 5) is 9.63. The molecule has 0 aliphatic heterocycles. The summed E-state index contributed by atoms with van der Waals surface area (Å²) in [5.41, 5.74) is 8.01. The Balaban J connectivity index is 2.07. The van der Waals surface area contributed by atoms with Gasteiger partial charge in [0.1, 0.15) is 17.8 Å². The Hall–Kier alpha value is -2.40. The normalized spacial score (nSPS) is 11.4. The third-order valence-electron chi connectivity index (χ3n) is 3.47. The minimum absolute atomic E-state index is 0.531. The Morgan fingerprint density at radius 2 is 2.05 bits per heavy atom. The topological polar surface area (TPSA) is 56.7 Å². The third-order valence-corrected chi connectivity index (χ3v) is 4.62. The van der Waals surface area contributed by atoms with Crippen LogP contribution in [0.15, 0.2) is 42.9 Å². The van der Waals surface area contributed by atoms with E-state index in [1.54, 1.807) is 11.3 Å². The molecule has 20 heavy (non-hydrogen) atoms. The monoisotopic (exact) mass is 280 g/mol. The lowest BCUT2D eigenvalue weighted by Crippen LogP contribution is -1.94. The number of rotatable bonds is 1. The van der Waals surface area contributed by atoms with Crippen molar-refractivity contribution in [2.45, 2.75) is 0 Å². The summed E-state index contributed by atoms with van der Waals surface area (Å²) < 4.78 is 3.27. The molecule has 0 aliphatic carbocycles. The van der Waals surface area contributed by atoms with Crippen molar-refractivity contribution in [3.8, 4) is 10.4 Å². The Bertz CT molecular complexity index is 903. The van der Waals surface area contributed by atoms with Gasteiger partial charge in [-0.1, -0.05) is 18.2 Å². The molecule has 0 radical (unpaired) electrons. The van der Waals surface area contributed by atoms with Gasteiger partial charge in [-0.05, 0) is 17.5 Å². The van der Waals surface area contributed by atoms with Crippen LogP contribution in [0.25, 0.3) is 31.6 Å². The van der Waals surface area contributed by atoms with E-state index in [0.29, 0.717) is 5.82 Å². The summed E-state index contributed by atoms with van der Waals surface area (Å²) in [5.74, 6) is 0.531. The molecule has 3 heterocycles. The lowest BCUT2D eigenvalue weighted by molar-refractivity contribution is 0.945. The molecular formula is C15H12N4S. The maximum Gasteiger partial charge on any atom is 0.145 e. The van der Waals surface area contributed by atoms with E-state index in [1.165, 1.54) is 21.3 Å². The highest BCUT2D eigenvalue weighted by Gasteiger charge is 2.15. The number of nitrogens with zero attached hydrogens (tertiary/aromatic N) is 3. The van der Waals surface area contributed by atoms with E-state index in [9.17, 15) is 0 Å². The minimum Gasteiger partial charge on any atom is -0.383 e. The second kappa shape index (κ2) is 4.05. The molecular weight excluding hydrogens is 268 g/mol. The molecule has 0 saturated carbocycles. The average molecular weight is 280 g/mol. The number of nitrogen functional groups attached to an aromatic ring is 1. The van der Waals surface area contributed by atoms with Gasteiger partial charge in [0.15, 0.2) is 0 Å². The quantitative estimate of drug-likeness (QED) is 0.581. The third kappa shape index (κ3) is 1.53. The van der Waals surface area contributed by atoms with Crippen LogP contribution in [0, 0.1) is 0 Å². The highest BCUT2D eigenvalue weighted by molar-refractivity contribution is 7.22. The molecule has 4 nitrogen and oxygen atoms in total. The van der Waals surface area contributed by atoms with Gasteiger partial charge in [0, 0.05) is 28.4 Å². The van der Waals surface area contributed by atoms with E-state index < -0.39 is 0 Å². The molecule has 0 unspecified atom stereocenters. The Morgan fingerprint density at radius 1 is 1.20 bits per heavy atom. The van der Waals surface area contributed by atoms with Crippen LogP contribution in [-0.2, 0) is 7.05 Å². The van der Waals surface area contributed by atoms with E-state index in [-0.39, 0.29) is 0 Å². The van der Waals surface area contributed by atoms with Crippen LogP contribution in [0.3, 0.4) is 0 Å².